The minimum Gasteiger partial charge on any atom is -0.480 e. The third-order valence-electron chi connectivity index (χ3n) is 4.74. The standard InChI is InChI=1S/C14H25NO4Si/c1-14(2,3)20(4,5)15-11(13(18)19)10(12(15)17)8-6-7-9-16/h9-11H,6-8H2,1-5H3,(H,18,19)/t10-,11+/m1/s1. The van der Waals surface area contributed by atoms with Crippen molar-refractivity contribution in [3.8, 4) is 0 Å². The number of aliphatic carboxylic acids is 1. The van der Waals surface area contributed by atoms with Gasteiger partial charge in [-0.05, 0) is 17.9 Å². The summed E-state index contributed by atoms with van der Waals surface area (Å²) >= 11 is 0. The first-order chi connectivity index (χ1) is 9.05. The largest absolute Gasteiger partial charge is 0.480 e. The fraction of sp³-hybridized carbons (Fsp3) is 0.786. The zero-order chi connectivity index (χ0) is 15.7. The average molecular weight is 299 g/mol. The molecule has 114 valence electrons. The van der Waals surface area contributed by atoms with Gasteiger partial charge in [-0.3, -0.25) is 4.79 Å². The monoisotopic (exact) mass is 299 g/mol. The zero-order valence-electron chi connectivity index (χ0n) is 13.0. The molecule has 0 spiro atoms. The van der Waals surface area contributed by atoms with Crippen LogP contribution in [0, 0.1) is 5.92 Å². The number of carbonyl (C=O) groups excluding carboxylic acids is 2. The van der Waals surface area contributed by atoms with Gasteiger partial charge in [-0.2, -0.15) is 0 Å². The van der Waals surface area contributed by atoms with Crippen molar-refractivity contribution in [3.05, 3.63) is 0 Å². The summed E-state index contributed by atoms with van der Waals surface area (Å²) in [6, 6.07) is -0.713. The molecule has 0 bridgehead atoms. The van der Waals surface area contributed by atoms with E-state index in [0.717, 1.165) is 6.29 Å². The molecule has 0 aromatic rings. The molecule has 6 heteroatoms. The van der Waals surface area contributed by atoms with E-state index in [9.17, 15) is 19.5 Å². The van der Waals surface area contributed by atoms with Crippen molar-refractivity contribution in [2.75, 3.05) is 0 Å². The van der Waals surface area contributed by atoms with Crippen molar-refractivity contribution in [3.63, 3.8) is 0 Å². The van der Waals surface area contributed by atoms with Gasteiger partial charge >= 0.3 is 5.97 Å². The van der Waals surface area contributed by atoms with Crippen LogP contribution < -0.4 is 0 Å². The number of amides is 1. The average Bonchev–Trinajstić information content (AvgIpc) is 2.28. The minimum absolute atomic E-state index is 0.0464. The van der Waals surface area contributed by atoms with E-state index in [1.807, 2.05) is 13.1 Å². The highest BCUT2D eigenvalue weighted by Gasteiger charge is 2.59. The lowest BCUT2D eigenvalue weighted by atomic mass is 9.86. The summed E-state index contributed by atoms with van der Waals surface area (Å²) in [6.07, 6.45) is 2.26. The molecule has 0 aromatic heterocycles. The van der Waals surface area contributed by atoms with Crippen LogP contribution in [0.25, 0.3) is 0 Å². The molecular weight excluding hydrogens is 274 g/mol. The van der Waals surface area contributed by atoms with Gasteiger partial charge in [0, 0.05) is 6.42 Å². The van der Waals surface area contributed by atoms with Gasteiger partial charge in [0.25, 0.3) is 0 Å². The summed E-state index contributed by atoms with van der Waals surface area (Å²) in [5, 5.41) is 9.36. The van der Waals surface area contributed by atoms with Gasteiger partial charge in [-0.1, -0.05) is 33.9 Å². The Balaban J connectivity index is 2.92. The Morgan fingerprint density at radius 3 is 2.35 bits per heavy atom. The van der Waals surface area contributed by atoms with Crippen LogP contribution in [-0.2, 0) is 14.4 Å². The van der Waals surface area contributed by atoms with Gasteiger partial charge in [0.2, 0.25) is 5.91 Å². The van der Waals surface area contributed by atoms with Crippen LogP contribution >= 0.6 is 0 Å². The predicted molar refractivity (Wildman–Crippen MR) is 78.9 cm³/mol. The number of β-lactam (4-membered cyclic amide) rings is 1. The molecular formula is C14H25NO4Si. The molecule has 1 saturated heterocycles. The SMILES string of the molecule is CC(C)(C)[Si](C)(C)N1C(=O)[C@H](CCCC=O)[C@H]1C(=O)O. The summed E-state index contributed by atoms with van der Waals surface area (Å²) in [7, 11) is -2.17. The smallest absolute Gasteiger partial charge is 0.326 e. The van der Waals surface area contributed by atoms with Gasteiger partial charge in [0.15, 0.2) is 8.24 Å². The van der Waals surface area contributed by atoms with Crippen molar-refractivity contribution in [1.82, 2.24) is 4.57 Å². The number of hydrogen-bond donors (Lipinski definition) is 1. The van der Waals surface area contributed by atoms with Crippen molar-refractivity contribution < 1.29 is 19.5 Å². The highest BCUT2D eigenvalue weighted by Crippen LogP contribution is 2.45. The summed E-state index contributed by atoms with van der Waals surface area (Å²) in [4.78, 5) is 34.2. The number of carboxylic acid groups (broad SMARTS) is 1. The summed E-state index contributed by atoms with van der Waals surface area (Å²) < 4.78 is 1.64. The Bertz CT molecular complexity index is 414. The lowest BCUT2D eigenvalue weighted by Crippen LogP contribution is -2.74. The van der Waals surface area contributed by atoms with E-state index in [1.165, 1.54) is 0 Å². The Labute approximate surface area is 121 Å². The van der Waals surface area contributed by atoms with Crippen molar-refractivity contribution >= 4 is 26.4 Å². The maximum absolute atomic E-state index is 12.4. The number of carboxylic acids is 1. The predicted octanol–water partition coefficient (Wildman–Crippen LogP) is 2.27. The van der Waals surface area contributed by atoms with E-state index in [1.54, 1.807) is 4.57 Å². The number of carbonyl (C=O) groups is 3. The van der Waals surface area contributed by atoms with Crippen LogP contribution in [0.5, 0.6) is 0 Å². The molecule has 0 radical (unpaired) electrons. The third kappa shape index (κ3) is 2.80. The topological polar surface area (TPSA) is 74.7 Å². The summed E-state index contributed by atoms with van der Waals surface area (Å²) in [5.41, 5.74) is 0. The molecule has 2 atom stereocenters. The Hall–Kier alpha value is -1.17. The molecule has 0 aromatic carbocycles. The quantitative estimate of drug-likeness (QED) is 0.353. The molecule has 1 aliphatic rings. The first-order valence-electron chi connectivity index (χ1n) is 7.05. The lowest BCUT2D eigenvalue weighted by molar-refractivity contribution is -0.164. The highest BCUT2D eigenvalue weighted by atomic mass is 28.3. The maximum Gasteiger partial charge on any atom is 0.326 e. The van der Waals surface area contributed by atoms with Crippen LogP contribution in [0.15, 0.2) is 0 Å². The molecule has 1 N–H and O–H groups in total. The van der Waals surface area contributed by atoms with Crippen molar-refractivity contribution in [1.29, 1.82) is 0 Å². The number of aldehydes is 1. The molecule has 1 heterocycles. The fourth-order valence-corrected chi connectivity index (χ4v) is 4.94. The van der Waals surface area contributed by atoms with Gasteiger partial charge in [-0.15, -0.1) is 0 Å². The second-order valence-electron chi connectivity index (χ2n) is 7.00. The van der Waals surface area contributed by atoms with Crippen LogP contribution in [-0.4, -0.2) is 42.1 Å². The molecule has 20 heavy (non-hydrogen) atoms. The number of unbranched alkanes of at least 4 members (excludes halogenated alkanes) is 1. The maximum atomic E-state index is 12.4. The number of nitrogens with zero attached hydrogens (tertiary/aromatic N) is 1. The van der Waals surface area contributed by atoms with Crippen LogP contribution in [0.4, 0.5) is 0 Å². The van der Waals surface area contributed by atoms with Crippen LogP contribution in [0.2, 0.25) is 18.1 Å². The molecule has 1 rings (SSSR count). The Morgan fingerprint density at radius 1 is 1.40 bits per heavy atom. The van der Waals surface area contributed by atoms with E-state index in [0.29, 0.717) is 19.3 Å². The third-order valence-corrected chi connectivity index (χ3v) is 10.1. The second kappa shape index (κ2) is 5.67. The Morgan fingerprint density at radius 2 is 1.95 bits per heavy atom. The van der Waals surface area contributed by atoms with Crippen LogP contribution in [0.1, 0.15) is 40.0 Å². The number of rotatable bonds is 6. The van der Waals surface area contributed by atoms with Gasteiger partial charge in [0.1, 0.15) is 12.3 Å². The molecule has 1 fully saturated rings. The second-order valence-corrected chi connectivity index (χ2v) is 12.1. The van der Waals surface area contributed by atoms with E-state index < -0.39 is 26.2 Å². The van der Waals surface area contributed by atoms with Gasteiger partial charge < -0.3 is 14.5 Å². The highest BCUT2D eigenvalue weighted by molar-refractivity contribution is 6.80. The molecule has 0 aliphatic carbocycles. The molecule has 5 nitrogen and oxygen atoms in total. The van der Waals surface area contributed by atoms with Gasteiger partial charge in [-0.25, -0.2) is 4.79 Å². The lowest BCUT2D eigenvalue weighted by Gasteiger charge is -2.56. The van der Waals surface area contributed by atoms with Crippen molar-refractivity contribution in [2.45, 2.75) is 64.2 Å². The van der Waals surface area contributed by atoms with Gasteiger partial charge in [0.05, 0.1) is 5.92 Å². The molecule has 1 amide bonds. The fourth-order valence-electron chi connectivity index (χ4n) is 2.52. The summed E-state index contributed by atoms with van der Waals surface area (Å²) in [6.45, 7) is 10.3. The summed E-state index contributed by atoms with van der Waals surface area (Å²) in [5.74, 6) is -1.43. The number of hydrogen-bond acceptors (Lipinski definition) is 3. The normalized spacial score (nSPS) is 23.4. The zero-order valence-corrected chi connectivity index (χ0v) is 14.0. The van der Waals surface area contributed by atoms with E-state index in [-0.39, 0.29) is 10.9 Å². The first-order valence-corrected chi connectivity index (χ1v) is 10.00. The minimum atomic E-state index is -2.17. The van der Waals surface area contributed by atoms with Crippen LogP contribution in [0.3, 0.4) is 0 Å². The molecule has 0 saturated carbocycles. The first kappa shape index (κ1) is 16.9. The van der Waals surface area contributed by atoms with Crippen molar-refractivity contribution in [2.24, 2.45) is 5.92 Å². The Kier molecular flexibility index (Phi) is 4.79. The molecule has 0 unspecified atom stereocenters. The van der Waals surface area contributed by atoms with E-state index >= 15 is 0 Å². The van der Waals surface area contributed by atoms with E-state index in [4.69, 9.17) is 0 Å². The molecule has 1 aliphatic heterocycles. The van der Waals surface area contributed by atoms with E-state index in [2.05, 4.69) is 20.8 Å².